The van der Waals surface area contributed by atoms with Crippen molar-refractivity contribution >= 4 is 34.0 Å². The summed E-state index contributed by atoms with van der Waals surface area (Å²) in [6.07, 6.45) is 3.83. The molecule has 1 fully saturated rings. The summed E-state index contributed by atoms with van der Waals surface area (Å²) >= 11 is 1.33. The number of benzene rings is 2. The zero-order chi connectivity index (χ0) is 26.1. The first kappa shape index (κ1) is 24.3. The van der Waals surface area contributed by atoms with E-state index in [4.69, 9.17) is 23.9 Å². The molecular weight excluding hydrogens is 504 g/mol. The molecule has 6 rings (SSSR count). The molecular formula is C28H28N4O5S. The highest BCUT2D eigenvalue weighted by Gasteiger charge is 2.25. The molecule has 9 nitrogen and oxygen atoms in total. The van der Waals surface area contributed by atoms with Crippen LogP contribution < -0.4 is 23.8 Å². The van der Waals surface area contributed by atoms with E-state index in [1.807, 2.05) is 35.2 Å². The summed E-state index contributed by atoms with van der Waals surface area (Å²) in [6.45, 7) is 2.79. The van der Waals surface area contributed by atoms with Gasteiger partial charge in [0.2, 0.25) is 6.79 Å². The van der Waals surface area contributed by atoms with Crippen LogP contribution in [-0.2, 0) is 13.1 Å². The summed E-state index contributed by atoms with van der Waals surface area (Å²) in [5.41, 5.74) is 4.32. The van der Waals surface area contributed by atoms with Crippen molar-refractivity contribution in [3.63, 3.8) is 0 Å². The highest BCUT2D eigenvalue weighted by Crippen LogP contribution is 2.37. The van der Waals surface area contributed by atoms with Crippen LogP contribution >= 0.6 is 11.3 Å². The summed E-state index contributed by atoms with van der Waals surface area (Å²) in [4.78, 5) is 27.7. The third-order valence-electron chi connectivity index (χ3n) is 6.91. The number of ether oxygens (including phenoxy) is 4. The van der Waals surface area contributed by atoms with Crippen LogP contribution in [0, 0.1) is 0 Å². The van der Waals surface area contributed by atoms with Crippen LogP contribution in [0.15, 0.2) is 48.1 Å². The molecule has 38 heavy (non-hydrogen) atoms. The van der Waals surface area contributed by atoms with Gasteiger partial charge in [-0.2, -0.15) is 0 Å². The van der Waals surface area contributed by atoms with Crippen LogP contribution in [-0.4, -0.2) is 54.9 Å². The molecule has 0 unspecified atom stereocenters. The molecule has 0 spiro atoms. The lowest BCUT2D eigenvalue weighted by atomic mass is 10.1. The predicted molar refractivity (Wildman–Crippen MR) is 145 cm³/mol. The minimum atomic E-state index is -0.0877. The fraction of sp³-hybridized carbons (Fsp3) is 0.321. The van der Waals surface area contributed by atoms with Crippen molar-refractivity contribution in [3.05, 3.63) is 64.1 Å². The maximum Gasteiger partial charge on any atom is 0.266 e. The first-order valence-electron chi connectivity index (χ1n) is 12.5. The Morgan fingerprint density at radius 1 is 1.03 bits per heavy atom. The van der Waals surface area contributed by atoms with Crippen LogP contribution in [0.3, 0.4) is 0 Å². The van der Waals surface area contributed by atoms with Crippen molar-refractivity contribution in [3.8, 4) is 23.0 Å². The van der Waals surface area contributed by atoms with Crippen LogP contribution in [0.5, 0.6) is 23.0 Å². The SMILES string of the molecule is COc1ccc(OC)c2nc(N3CCCC3)c(CN(Cc3ccc4c(c3)OCO4)C(=O)c3cncs3)cc12. The molecule has 196 valence electrons. The Kier molecular flexibility index (Phi) is 6.63. The van der Waals surface area contributed by atoms with Crippen molar-refractivity contribution in [1.82, 2.24) is 14.9 Å². The van der Waals surface area contributed by atoms with Gasteiger partial charge in [-0.3, -0.25) is 9.78 Å². The van der Waals surface area contributed by atoms with Gasteiger partial charge in [-0.15, -0.1) is 11.3 Å². The van der Waals surface area contributed by atoms with E-state index in [0.717, 1.165) is 53.8 Å². The quantitative estimate of drug-likeness (QED) is 0.317. The second-order valence-electron chi connectivity index (χ2n) is 9.25. The first-order valence-corrected chi connectivity index (χ1v) is 13.4. The van der Waals surface area contributed by atoms with Crippen LogP contribution in [0.4, 0.5) is 5.82 Å². The number of carbonyl (C=O) groups excluding carboxylic acids is 1. The lowest BCUT2D eigenvalue weighted by molar-refractivity contribution is 0.0734. The number of methoxy groups -OCH3 is 2. The fourth-order valence-electron chi connectivity index (χ4n) is 5.04. The number of rotatable bonds is 8. The van der Waals surface area contributed by atoms with E-state index in [1.165, 1.54) is 11.3 Å². The van der Waals surface area contributed by atoms with Crippen molar-refractivity contribution in [1.29, 1.82) is 0 Å². The molecule has 0 aliphatic carbocycles. The monoisotopic (exact) mass is 532 g/mol. The largest absolute Gasteiger partial charge is 0.496 e. The molecule has 1 amide bonds. The normalized spacial score (nSPS) is 14.2. The number of amides is 1. The summed E-state index contributed by atoms with van der Waals surface area (Å²) in [5, 5.41) is 0.845. The maximum atomic E-state index is 13.7. The Hall–Kier alpha value is -4.05. The molecule has 4 aromatic rings. The molecule has 2 aromatic carbocycles. The minimum Gasteiger partial charge on any atom is -0.496 e. The minimum absolute atomic E-state index is 0.0877. The fourth-order valence-corrected chi connectivity index (χ4v) is 5.63. The number of anilines is 1. The summed E-state index contributed by atoms with van der Waals surface area (Å²) in [6, 6.07) is 11.6. The molecule has 4 heterocycles. The Morgan fingerprint density at radius 3 is 2.58 bits per heavy atom. The van der Waals surface area contributed by atoms with Crippen molar-refractivity contribution in [2.45, 2.75) is 25.9 Å². The number of aromatic nitrogens is 2. The second kappa shape index (κ2) is 10.4. The van der Waals surface area contributed by atoms with Gasteiger partial charge in [-0.1, -0.05) is 6.07 Å². The Labute approximate surface area is 224 Å². The van der Waals surface area contributed by atoms with Gasteiger partial charge in [0, 0.05) is 30.6 Å². The molecule has 10 heteroatoms. The average Bonchev–Trinajstić information content (AvgIpc) is 3.74. The molecule has 0 bridgehead atoms. The van der Waals surface area contributed by atoms with Crippen molar-refractivity contribution < 1.29 is 23.7 Å². The maximum absolute atomic E-state index is 13.7. The van der Waals surface area contributed by atoms with Gasteiger partial charge in [0.25, 0.3) is 5.91 Å². The number of fused-ring (bicyclic) bond motifs is 2. The molecule has 0 saturated carbocycles. The van der Waals surface area contributed by atoms with Crippen molar-refractivity contribution in [2.75, 3.05) is 39.0 Å². The van der Waals surface area contributed by atoms with Gasteiger partial charge in [0.15, 0.2) is 11.5 Å². The molecule has 0 atom stereocenters. The van der Waals surface area contributed by atoms with E-state index >= 15 is 0 Å². The Bertz CT molecular complexity index is 1470. The lowest BCUT2D eigenvalue weighted by Gasteiger charge is -2.27. The van der Waals surface area contributed by atoms with E-state index in [2.05, 4.69) is 16.0 Å². The first-order chi connectivity index (χ1) is 18.6. The average molecular weight is 533 g/mol. The van der Waals surface area contributed by atoms with Gasteiger partial charge in [0.05, 0.1) is 32.5 Å². The molecule has 0 N–H and O–H groups in total. The van der Waals surface area contributed by atoms with Gasteiger partial charge in [-0.05, 0) is 48.7 Å². The predicted octanol–water partition coefficient (Wildman–Crippen LogP) is 4.88. The Morgan fingerprint density at radius 2 is 1.82 bits per heavy atom. The third-order valence-corrected chi connectivity index (χ3v) is 7.67. The lowest BCUT2D eigenvalue weighted by Crippen LogP contribution is -2.31. The summed E-state index contributed by atoms with van der Waals surface area (Å²) in [5.74, 6) is 3.58. The van der Waals surface area contributed by atoms with Crippen LogP contribution in [0.2, 0.25) is 0 Å². The van der Waals surface area contributed by atoms with E-state index in [1.54, 1.807) is 25.9 Å². The molecule has 2 aliphatic heterocycles. The molecule has 0 radical (unpaired) electrons. The third kappa shape index (κ3) is 4.56. The van der Waals surface area contributed by atoms with E-state index in [0.29, 0.717) is 41.0 Å². The zero-order valence-corrected chi connectivity index (χ0v) is 22.1. The van der Waals surface area contributed by atoms with Gasteiger partial charge in [0.1, 0.15) is 27.7 Å². The molecule has 2 aliphatic rings. The molecule has 2 aromatic heterocycles. The second-order valence-corrected chi connectivity index (χ2v) is 10.1. The number of hydrogen-bond acceptors (Lipinski definition) is 9. The van der Waals surface area contributed by atoms with E-state index in [9.17, 15) is 4.79 Å². The zero-order valence-electron chi connectivity index (χ0n) is 21.3. The number of nitrogens with zero attached hydrogens (tertiary/aromatic N) is 4. The van der Waals surface area contributed by atoms with E-state index < -0.39 is 0 Å². The topological polar surface area (TPSA) is 86.3 Å². The molecule has 1 saturated heterocycles. The van der Waals surface area contributed by atoms with Crippen LogP contribution in [0.25, 0.3) is 10.9 Å². The number of thiazole rings is 1. The number of carbonyl (C=O) groups is 1. The number of pyridine rings is 1. The van der Waals surface area contributed by atoms with Gasteiger partial charge >= 0.3 is 0 Å². The van der Waals surface area contributed by atoms with Crippen molar-refractivity contribution in [2.24, 2.45) is 0 Å². The smallest absolute Gasteiger partial charge is 0.266 e. The summed E-state index contributed by atoms with van der Waals surface area (Å²) < 4.78 is 22.4. The highest BCUT2D eigenvalue weighted by molar-refractivity contribution is 7.11. The summed E-state index contributed by atoms with van der Waals surface area (Å²) in [7, 11) is 3.29. The van der Waals surface area contributed by atoms with Crippen LogP contribution in [0.1, 0.15) is 33.6 Å². The highest BCUT2D eigenvalue weighted by atomic mass is 32.1. The Balaban J connectivity index is 1.44. The standard InChI is InChI=1S/C28H28N4O5S/c1-34-21-7-8-23(35-2)26-20(21)12-19(27(30-26)31-9-3-4-10-31)15-32(28(33)25-13-29-16-38-25)14-18-5-6-22-24(11-18)37-17-36-22/h5-8,11-13,16H,3-4,9-10,14-15,17H2,1-2H3. The van der Waals surface area contributed by atoms with E-state index in [-0.39, 0.29) is 12.7 Å². The van der Waals surface area contributed by atoms with Gasteiger partial charge < -0.3 is 28.7 Å². The van der Waals surface area contributed by atoms with Gasteiger partial charge in [-0.25, -0.2) is 4.98 Å². The number of hydrogen-bond donors (Lipinski definition) is 0.